The predicted octanol–water partition coefficient (Wildman–Crippen LogP) is 5.02. The number of benzene rings is 2. The Labute approximate surface area is 133 Å². The summed E-state index contributed by atoms with van der Waals surface area (Å²) in [6.07, 6.45) is 1.85. The highest BCUT2D eigenvalue weighted by Crippen LogP contribution is 2.27. The molecule has 0 amide bonds. The van der Waals surface area contributed by atoms with E-state index in [0.717, 1.165) is 40.9 Å². The number of nitrogens with two attached hydrogens (primary N) is 1. The van der Waals surface area contributed by atoms with E-state index < -0.39 is 0 Å². The third-order valence-electron chi connectivity index (χ3n) is 3.81. The van der Waals surface area contributed by atoms with Crippen LogP contribution in [0, 0.1) is 6.92 Å². The van der Waals surface area contributed by atoms with Crippen LogP contribution in [-0.4, -0.2) is 12.8 Å². The average Bonchev–Trinajstić information content (AvgIpc) is 2.49. The Morgan fingerprint density at radius 3 is 2.32 bits per heavy atom. The van der Waals surface area contributed by atoms with Crippen molar-refractivity contribution in [1.29, 1.82) is 0 Å². The number of nitrogen functional groups attached to an aromatic ring is 1. The fraction of sp³-hybridized carbons (Fsp3) is 0.250. The molecule has 114 valence electrons. The van der Waals surface area contributed by atoms with E-state index in [1.165, 1.54) is 11.1 Å². The summed E-state index contributed by atoms with van der Waals surface area (Å²) in [4.78, 5) is 4.41. The number of aliphatic imine (C=N–C) groups is 1. The van der Waals surface area contributed by atoms with Gasteiger partial charge in [0, 0.05) is 24.0 Å². The van der Waals surface area contributed by atoms with Gasteiger partial charge >= 0.3 is 0 Å². The topological polar surface area (TPSA) is 38.4 Å². The maximum atomic E-state index is 6.27. The number of hydrogen-bond donors (Lipinski definition) is 1. The molecule has 0 fully saturated rings. The van der Waals surface area contributed by atoms with Crippen LogP contribution < -0.4 is 5.73 Å². The van der Waals surface area contributed by atoms with E-state index in [9.17, 15) is 0 Å². The lowest BCUT2D eigenvalue weighted by Gasteiger charge is -2.11. The Morgan fingerprint density at radius 2 is 1.77 bits per heavy atom. The van der Waals surface area contributed by atoms with E-state index in [2.05, 4.69) is 54.9 Å². The molecule has 22 heavy (non-hydrogen) atoms. The summed E-state index contributed by atoms with van der Waals surface area (Å²) in [6, 6.07) is 14.6. The average molecular weight is 292 g/mol. The van der Waals surface area contributed by atoms with Gasteiger partial charge in [-0.1, -0.05) is 47.5 Å². The van der Waals surface area contributed by atoms with Gasteiger partial charge in [-0.25, -0.2) is 0 Å². The lowest BCUT2D eigenvalue weighted by molar-refractivity contribution is 1.01. The van der Waals surface area contributed by atoms with Crippen molar-refractivity contribution in [3.8, 4) is 11.1 Å². The van der Waals surface area contributed by atoms with E-state index in [1.807, 2.05) is 20.0 Å². The van der Waals surface area contributed by atoms with Crippen LogP contribution in [0.5, 0.6) is 0 Å². The first-order chi connectivity index (χ1) is 10.5. The summed E-state index contributed by atoms with van der Waals surface area (Å²) in [6.45, 7) is 8.08. The second-order valence-electron chi connectivity index (χ2n) is 5.80. The van der Waals surface area contributed by atoms with Crippen LogP contribution in [0.15, 0.2) is 59.6 Å². The Hall–Kier alpha value is -2.35. The smallest absolute Gasteiger partial charge is 0.0421 e. The minimum atomic E-state index is 0.790. The zero-order valence-corrected chi connectivity index (χ0v) is 13.7. The van der Waals surface area contributed by atoms with Gasteiger partial charge in [0.1, 0.15) is 0 Å². The number of hydrogen-bond acceptors (Lipinski definition) is 2. The molecule has 0 saturated carbocycles. The van der Waals surface area contributed by atoms with Crippen LogP contribution in [0.3, 0.4) is 0 Å². The fourth-order valence-electron chi connectivity index (χ4n) is 2.46. The summed E-state index contributed by atoms with van der Waals surface area (Å²) in [5.41, 5.74) is 13.9. The number of allylic oxidation sites excluding steroid dienone is 1. The molecule has 2 aromatic carbocycles. The Kier molecular flexibility index (Phi) is 5.16. The molecule has 0 aliphatic heterocycles. The van der Waals surface area contributed by atoms with E-state index in [-0.39, 0.29) is 0 Å². The second kappa shape index (κ2) is 7.08. The summed E-state index contributed by atoms with van der Waals surface area (Å²) in [5, 5.41) is 0. The van der Waals surface area contributed by atoms with Crippen molar-refractivity contribution < 1.29 is 0 Å². The molecule has 0 heterocycles. The molecule has 0 unspecified atom stereocenters. The molecule has 0 saturated heterocycles. The number of rotatable bonds is 5. The standard InChI is InChI=1S/C20H24N2/c1-14(2)5-12-20(22-4)17-10-11-18(19(21)13-17)16-8-6-15(3)7-9-16/h6-11,13H,1,5,12,21H2,2-4H3. The Morgan fingerprint density at radius 1 is 1.09 bits per heavy atom. The minimum absolute atomic E-state index is 0.790. The number of anilines is 1. The molecular weight excluding hydrogens is 268 g/mol. The van der Waals surface area contributed by atoms with Crippen LogP contribution >= 0.6 is 0 Å². The fourth-order valence-corrected chi connectivity index (χ4v) is 2.46. The van der Waals surface area contributed by atoms with Crippen molar-refractivity contribution >= 4 is 11.4 Å². The molecule has 2 aromatic rings. The van der Waals surface area contributed by atoms with Crippen molar-refractivity contribution in [2.75, 3.05) is 12.8 Å². The third kappa shape index (κ3) is 3.85. The summed E-state index contributed by atoms with van der Waals surface area (Å²) in [5.74, 6) is 0. The third-order valence-corrected chi connectivity index (χ3v) is 3.81. The van der Waals surface area contributed by atoms with Crippen LogP contribution in [-0.2, 0) is 0 Å². The number of nitrogens with zero attached hydrogens (tertiary/aromatic N) is 1. The normalized spacial score (nSPS) is 11.5. The largest absolute Gasteiger partial charge is 0.398 e. The Balaban J connectivity index is 2.29. The van der Waals surface area contributed by atoms with Crippen molar-refractivity contribution in [3.05, 3.63) is 65.7 Å². The molecule has 2 rings (SSSR count). The van der Waals surface area contributed by atoms with Gasteiger partial charge < -0.3 is 5.73 Å². The first-order valence-electron chi connectivity index (χ1n) is 7.58. The lowest BCUT2D eigenvalue weighted by Crippen LogP contribution is -2.03. The molecule has 0 bridgehead atoms. The molecular formula is C20H24N2. The van der Waals surface area contributed by atoms with Crippen molar-refractivity contribution in [1.82, 2.24) is 0 Å². The molecule has 0 aliphatic carbocycles. The number of aryl methyl sites for hydroxylation is 1. The molecule has 2 N–H and O–H groups in total. The summed E-state index contributed by atoms with van der Waals surface area (Å²) in [7, 11) is 1.83. The van der Waals surface area contributed by atoms with Gasteiger partial charge in [0.05, 0.1) is 0 Å². The van der Waals surface area contributed by atoms with Gasteiger partial charge in [0.15, 0.2) is 0 Å². The maximum Gasteiger partial charge on any atom is 0.0421 e. The van der Waals surface area contributed by atoms with Gasteiger partial charge in [-0.3, -0.25) is 4.99 Å². The quantitative estimate of drug-likeness (QED) is 0.469. The highest BCUT2D eigenvalue weighted by Gasteiger charge is 2.08. The molecule has 2 heteroatoms. The van der Waals surface area contributed by atoms with Gasteiger partial charge in [0.25, 0.3) is 0 Å². The van der Waals surface area contributed by atoms with Gasteiger partial charge in [0.2, 0.25) is 0 Å². The molecule has 2 nitrogen and oxygen atoms in total. The molecule has 0 aromatic heterocycles. The molecule has 0 atom stereocenters. The molecule has 0 spiro atoms. The van der Waals surface area contributed by atoms with Crippen LogP contribution in [0.4, 0.5) is 5.69 Å². The second-order valence-corrected chi connectivity index (χ2v) is 5.80. The van der Waals surface area contributed by atoms with Crippen LogP contribution in [0.2, 0.25) is 0 Å². The van der Waals surface area contributed by atoms with E-state index in [0.29, 0.717) is 0 Å². The first kappa shape index (κ1) is 16.0. The monoisotopic (exact) mass is 292 g/mol. The maximum absolute atomic E-state index is 6.27. The first-order valence-corrected chi connectivity index (χ1v) is 7.58. The highest BCUT2D eigenvalue weighted by atomic mass is 14.7. The van der Waals surface area contributed by atoms with Crippen molar-refractivity contribution in [2.24, 2.45) is 4.99 Å². The lowest BCUT2D eigenvalue weighted by atomic mass is 9.97. The van der Waals surface area contributed by atoms with E-state index >= 15 is 0 Å². The van der Waals surface area contributed by atoms with Crippen molar-refractivity contribution in [2.45, 2.75) is 26.7 Å². The van der Waals surface area contributed by atoms with Gasteiger partial charge in [-0.2, -0.15) is 0 Å². The Bertz CT molecular complexity index is 694. The van der Waals surface area contributed by atoms with Gasteiger partial charge in [-0.05, 0) is 43.9 Å². The SMILES string of the molecule is C=C(C)CCC(=NC)c1ccc(-c2ccc(C)cc2)c(N)c1. The minimum Gasteiger partial charge on any atom is -0.398 e. The van der Waals surface area contributed by atoms with E-state index in [1.54, 1.807) is 0 Å². The van der Waals surface area contributed by atoms with Crippen LogP contribution in [0.25, 0.3) is 11.1 Å². The predicted molar refractivity (Wildman–Crippen MR) is 97.5 cm³/mol. The summed E-state index contributed by atoms with van der Waals surface area (Å²) >= 11 is 0. The van der Waals surface area contributed by atoms with Gasteiger partial charge in [-0.15, -0.1) is 6.58 Å². The zero-order valence-electron chi connectivity index (χ0n) is 13.7. The van der Waals surface area contributed by atoms with Crippen molar-refractivity contribution in [3.63, 3.8) is 0 Å². The molecule has 0 aliphatic rings. The molecule has 0 radical (unpaired) electrons. The summed E-state index contributed by atoms with van der Waals surface area (Å²) < 4.78 is 0. The van der Waals surface area contributed by atoms with E-state index in [4.69, 9.17) is 5.73 Å². The zero-order chi connectivity index (χ0) is 16.1. The highest BCUT2D eigenvalue weighted by molar-refractivity contribution is 6.02. The van der Waals surface area contributed by atoms with Crippen LogP contribution in [0.1, 0.15) is 30.9 Å².